The normalized spacial score (nSPS) is 16.3. The molecule has 272 valence electrons. The van der Waals surface area contributed by atoms with E-state index >= 15 is 0 Å². The van der Waals surface area contributed by atoms with E-state index in [2.05, 4.69) is 4.74 Å². The van der Waals surface area contributed by atoms with E-state index in [1.807, 2.05) is 71.9 Å². The molecule has 1 saturated heterocycles. The fraction of sp³-hybridized carbons (Fsp3) is 0.719. The average molecular weight is 691 g/mol. The number of epoxide rings is 1. The van der Waals surface area contributed by atoms with Gasteiger partial charge in [0.15, 0.2) is 0 Å². The van der Waals surface area contributed by atoms with Gasteiger partial charge in [-0.05, 0) is 59.4 Å². The molecule has 2 atom stereocenters. The highest BCUT2D eigenvalue weighted by atomic mass is 19.4. The first kappa shape index (κ1) is 44.1. The summed E-state index contributed by atoms with van der Waals surface area (Å²) in [7, 11) is 0. The lowest BCUT2D eigenvalue weighted by atomic mass is 9.89. The summed E-state index contributed by atoms with van der Waals surface area (Å²) in [6, 6.07) is 9.72. The molecule has 0 aliphatic carbocycles. The number of esters is 3. The Balaban J connectivity index is 0.000000697. The molecule has 0 bridgehead atoms. The van der Waals surface area contributed by atoms with Crippen molar-refractivity contribution in [2.45, 2.75) is 105 Å². The van der Waals surface area contributed by atoms with E-state index in [0.29, 0.717) is 13.2 Å². The SMILES string of the molecule is CCC(C)(C)C(=O)OCC1CO1.CCC(C)(C)C(=O)OCc1ccccc1.CCC(C)(CO)C(=O)OCC(O)(C(F)(F)F)C(F)(F)F. The summed E-state index contributed by atoms with van der Waals surface area (Å²) in [5.41, 5.74) is -6.50. The second kappa shape index (κ2) is 18.0. The molecular formula is C32H48F6O9. The molecule has 9 nitrogen and oxygen atoms in total. The van der Waals surface area contributed by atoms with Crippen LogP contribution in [0.5, 0.6) is 0 Å². The number of ether oxygens (including phenoxy) is 4. The number of carbonyl (C=O) groups excluding carboxylic acids is 3. The number of carbonyl (C=O) groups is 3. The maximum absolute atomic E-state index is 12.3. The number of hydrogen-bond donors (Lipinski definition) is 2. The monoisotopic (exact) mass is 690 g/mol. The molecule has 2 unspecified atom stereocenters. The first-order chi connectivity index (χ1) is 21.4. The van der Waals surface area contributed by atoms with Crippen molar-refractivity contribution < 1.29 is 69.9 Å². The van der Waals surface area contributed by atoms with Crippen LogP contribution in [-0.2, 0) is 39.9 Å². The van der Waals surface area contributed by atoms with E-state index in [9.17, 15) is 40.7 Å². The molecule has 1 fully saturated rings. The van der Waals surface area contributed by atoms with Gasteiger partial charge in [-0.1, -0.05) is 51.1 Å². The Bertz CT molecular complexity index is 1100. The van der Waals surface area contributed by atoms with Crippen molar-refractivity contribution in [1.29, 1.82) is 0 Å². The number of halogens is 6. The number of aliphatic hydroxyl groups excluding tert-OH is 1. The second-order valence-corrected chi connectivity index (χ2v) is 12.6. The Morgan fingerprint density at radius 1 is 0.766 bits per heavy atom. The van der Waals surface area contributed by atoms with Gasteiger partial charge in [-0.3, -0.25) is 14.4 Å². The van der Waals surface area contributed by atoms with Crippen LogP contribution in [-0.4, -0.2) is 78.6 Å². The molecular weight excluding hydrogens is 642 g/mol. The molecule has 2 rings (SSSR count). The van der Waals surface area contributed by atoms with E-state index in [1.165, 1.54) is 6.92 Å². The first-order valence-electron chi connectivity index (χ1n) is 15.0. The minimum absolute atomic E-state index is 0.0706. The van der Waals surface area contributed by atoms with Gasteiger partial charge >= 0.3 is 30.3 Å². The second-order valence-electron chi connectivity index (χ2n) is 12.6. The molecule has 47 heavy (non-hydrogen) atoms. The van der Waals surface area contributed by atoms with Crippen LogP contribution in [0.1, 0.15) is 80.2 Å². The van der Waals surface area contributed by atoms with Crippen LogP contribution in [0.15, 0.2) is 30.3 Å². The Labute approximate surface area is 271 Å². The average Bonchev–Trinajstić information content (AvgIpc) is 3.85. The Morgan fingerprint density at radius 2 is 1.21 bits per heavy atom. The van der Waals surface area contributed by atoms with Crippen molar-refractivity contribution in [1.82, 2.24) is 0 Å². The fourth-order valence-electron chi connectivity index (χ4n) is 2.72. The lowest BCUT2D eigenvalue weighted by Gasteiger charge is -2.33. The molecule has 15 heteroatoms. The van der Waals surface area contributed by atoms with E-state index in [1.54, 1.807) is 0 Å². The van der Waals surface area contributed by atoms with E-state index in [0.717, 1.165) is 31.9 Å². The topological polar surface area (TPSA) is 132 Å². The van der Waals surface area contributed by atoms with Gasteiger partial charge in [-0.15, -0.1) is 0 Å². The molecule has 0 amide bonds. The van der Waals surface area contributed by atoms with Crippen molar-refractivity contribution >= 4 is 17.9 Å². The van der Waals surface area contributed by atoms with Gasteiger partial charge in [-0.25, -0.2) is 0 Å². The summed E-state index contributed by atoms with van der Waals surface area (Å²) < 4.78 is 93.0. The van der Waals surface area contributed by atoms with Crippen LogP contribution >= 0.6 is 0 Å². The zero-order chi connectivity index (χ0) is 36.9. The summed E-state index contributed by atoms with van der Waals surface area (Å²) in [6.45, 7) is 12.4. The summed E-state index contributed by atoms with van der Waals surface area (Å²) in [5, 5.41) is 17.7. The van der Waals surface area contributed by atoms with Crippen LogP contribution in [0, 0.1) is 16.2 Å². The van der Waals surface area contributed by atoms with Gasteiger partial charge < -0.3 is 29.2 Å². The number of alkyl halides is 6. The molecule has 0 saturated carbocycles. The molecule has 1 heterocycles. The van der Waals surface area contributed by atoms with Gasteiger partial charge in [-0.2, -0.15) is 26.3 Å². The molecule has 1 aliphatic heterocycles. The zero-order valence-corrected chi connectivity index (χ0v) is 28.1. The van der Waals surface area contributed by atoms with E-state index in [4.69, 9.17) is 24.4 Å². The van der Waals surface area contributed by atoms with Crippen LogP contribution < -0.4 is 0 Å². The highest BCUT2D eigenvalue weighted by Gasteiger charge is 2.71. The van der Waals surface area contributed by atoms with Crippen LogP contribution in [0.2, 0.25) is 0 Å². The summed E-state index contributed by atoms with van der Waals surface area (Å²) in [6.07, 6.45) is -10.4. The fourth-order valence-corrected chi connectivity index (χ4v) is 2.72. The molecule has 1 aliphatic rings. The van der Waals surface area contributed by atoms with Crippen molar-refractivity contribution in [3.63, 3.8) is 0 Å². The quantitative estimate of drug-likeness (QED) is 0.106. The van der Waals surface area contributed by atoms with E-state index in [-0.39, 0.29) is 35.3 Å². The summed E-state index contributed by atoms with van der Waals surface area (Å²) in [4.78, 5) is 34.4. The largest absolute Gasteiger partial charge is 0.462 e. The van der Waals surface area contributed by atoms with Gasteiger partial charge in [0.1, 0.15) is 25.9 Å². The predicted octanol–water partition coefficient (Wildman–Crippen LogP) is 6.32. The minimum Gasteiger partial charge on any atom is -0.462 e. The third-order valence-corrected chi connectivity index (χ3v) is 7.86. The first-order valence-corrected chi connectivity index (χ1v) is 15.0. The molecule has 0 spiro atoms. The molecule has 1 aromatic carbocycles. The Kier molecular flexibility index (Phi) is 16.9. The maximum atomic E-state index is 12.3. The van der Waals surface area contributed by atoms with Crippen molar-refractivity contribution in [2.75, 3.05) is 26.4 Å². The highest BCUT2D eigenvalue weighted by molar-refractivity contribution is 5.77. The Hall–Kier alpha value is -2.91. The number of benzene rings is 1. The molecule has 1 aromatic rings. The molecule has 2 N–H and O–H groups in total. The van der Waals surface area contributed by atoms with Crippen LogP contribution in [0.3, 0.4) is 0 Å². The van der Waals surface area contributed by atoms with Crippen molar-refractivity contribution in [2.24, 2.45) is 16.2 Å². The predicted molar refractivity (Wildman–Crippen MR) is 159 cm³/mol. The minimum atomic E-state index is -6.06. The van der Waals surface area contributed by atoms with Crippen molar-refractivity contribution in [3.05, 3.63) is 35.9 Å². The van der Waals surface area contributed by atoms with Crippen molar-refractivity contribution in [3.8, 4) is 0 Å². The van der Waals surface area contributed by atoms with E-state index < -0.39 is 42.6 Å². The lowest BCUT2D eigenvalue weighted by Crippen LogP contribution is -2.60. The van der Waals surface area contributed by atoms with Gasteiger partial charge in [0, 0.05) is 0 Å². The standard InChI is InChI=1S/C13H18O2.C10H14F6O4.C9H16O3/c1-4-13(2,3)12(14)15-10-11-8-6-5-7-9-11;1-3-7(2,4-17)6(18)20-5-8(19,9(11,12)13)10(14,15)16;1-4-9(2,3)8(10)12-6-7-5-11-7/h5-9H,4,10H2,1-3H3;17,19H,3-5H2,1-2H3;7H,4-6H2,1-3H3. The number of hydrogen-bond acceptors (Lipinski definition) is 9. The third kappa shape index (κ3) is 14.0. The molecule has 0 aromatic heterocycles. The van der Waals surface area contributed by atoms with Gasteiger partial charge in [0.2, 0.25) is 0 Å². The summed E-state index contributed by atoms with van der Waals surface area (Å²) in [5.74, 6) is -1.72. The molecule has 0 radical (unpaired) electrons. The zero-order valence-electron chi connectivity index (χ0n) is 28.1. The van der Waals surface area contributed by atoms with Gasteiger partial charge in [0.25, 0.3) is 5.60 Å². The number of aliphatic hydroxyl groups is 2. The smallest absolute Gasteiger partial charge is 0.429 e. The lowest BCUT2D eigenvalue weighted by molar-refractivity contribution is -0.375. The van der Waals surface area contributed by atoms with Gasteiger partial charge in [0.05, 0.1) is 29.5 Å². The summed E-state index contributed by atoms with van der Waals surface area (Å²) >= 11 is 0. The highest BCUT2D eigenvalue weighted by Crippen LogP contribution is 2.43. The third-order valence-electron chi connectivity index (χ3n) is 7.86. The Morgan fingerprint density at radius 3 is 1.57 bits per heavy atom. The van der Waals surface area contributed by atoms with Crippen LogP contribution in [0.25, 0.3) is 0 Å². The van der Waals surface area contributed by atoms with Crippen LogP contribution in [0.4, 0.5) is 26.3 Å². The number of rotatable bonds is 13. The maximum Gasteiger partial charge on any atom is 0.429 e.